The first-order valence-electron chi connectivity index (χ1n) is 11.0. The van der Waals surface area contributed by atoms with Crippen LogP contribution in [-0.4, -0.2) is 43.1 Å². The molecule has 0 spiro atoms. The minimum atomic E-state index is -3.35. The first-order valence-corrected chi connectivity index (χ1v) is 12.6. The van der Waals surface area contributed by atoms with Gasteiger partial charge in [-0.25, -0.2) is 18.4 Å². The lowest BCUT2D eigenvalue weighted by Gasteiger charge is -2.09. The first-order chi connectivity index (χ1) is 16.3. The van der Waals surface area contributed by atoms with Crippen LogP contribution in [0.4, 0.5) is 5.82 Å². The predicted molar refractivity (Wildman–Crippen MR) is 135 cm³/mol. The second-order valence-electron chi connectivity index (χ2n) is 8.16. The molecule has 3 N–H and O–H groups in total. The molecule has 2 heterocycles. The second kappa shape index (κ2) is 9.78. The number of anilines is 1. The number of rotatable bonds is 8. The van der Waals surface area contributed by atoms with Crippen molar-refractivity contribution in [3.8, 4) is 34.0 Å². The topological polar surface area (TPSA) is 124 Å². The third-order valence-electron chi connectivity index (χ3n) is 5.47. The van der Waals surface area contributed by atoms with Gasteiger partial charge in [-0.05, 0) is 38.0 Å². The van der Waals surface area contributed by atoms with E-state index in [1.54, 1.807) is 50.4 Å². The van der Waals surface area contributed by atoms with Gasteiger partial charge in [0.15, 0.2) is 27.1 Å². The second-order valence-corrected chi connectivity index (χ2v) is 10.7. The van der Waals surface area contributed by atoms with Gasteiger partial charge in [-0.1, -0.05) is 41.6 Å². The van der Waals surface area contributed by atoms with Gasteiger partial charge in [-0.15, -0.1) is 0 Å². The monoisotopic (exact) mass is 475 g/mol. The van der Waals surface area contributed by atoms with Crippen molar-refractivity contribution in [2.24, 2.45) is 0 Å². The summed E-state index contributed by atoms with van der Waals surface area (Å²) in [6, 6.07) is 16.4. The van der Waals surface area contributed by atoms with Gasteiger partial charge in [0.05, 0.1) is 22.0 Å². The summed E-state index contributed by atoms with van der Waals surface area (Å²) in [5.41, 5.74) is 10.5. The third-order valence-corrected chi connectivity index (χ3v) is 7.64. The molecule has 0 aliphatic carbocycles. The minimum Gasteiger partial charge on any atom is -0.382 e. The summed E-state index contributed by atoms with van der Waals surface area (Å²) in [5, 5.41) is 6.97. The molecule has 4 aromatic rings. The van der Waals surface area contributed by atoms with Crippen molar-refractivity contribution in [1.29, 1.82) is 0 Å². The summed E-state index contributed by atoms with van der Waals surface area (Å²) in [7, 11) is -1.28. The zero-order valence-electron chi connectivity index (χ0n) is 19.3. The fraction of sp³-hybridized carbons (Fsp3) is 0.208. The van der Waals surface area contributed by atoms with Gasteiger partial charge in [0, 0.05) is 23.7 Å². The normalized spacial score (nSPS) is 11.7. The summed E-state index contributed by atoms with van der Waals surface area (Å²) in [5.74, 6) is 0.615. The lowest BCUT2D eigenvalue weighted by atomic mass is 10.1. The van der Waals surface area contributed by atoms with E-state index in [0.29, 0.717) is 28.4 Å². The number of nitrogens with two attached hydrogens (primary N) is 1. The number of benzene rings is 2. The first kappa shape index (κ1) is 23.7. The fourth-order valence-corrected chi connectivity index (χ4v) is 4.45. The van der Waals surface area contributed by atoms with E-state index in [1.165, 1.54) is 5.56 Å². The standard InChI is InChI=1S/C24H26BN5O3S/c1-15(2)34(31,32)19-9-7-18(8-10-19)21-13-28-24(26)23(29-21)22-11-20(30-33-22)17-5-3-16(4-6-17)12-27-14-25/h3-11,13,15,27H,12,14,25H2,1-2H3,(H2,26,28). The molecule has 174 valence electrons. The Bertz CT molecular complexity index is 1390. The highest BCUT2D eigenvalue weighted by Crippen LogP contribution is 2.30. The van der Waals surface area contributed by atoms with Crippen LogP contribution in [0.25, 0.3) is 34.0 Å². The van der Waals surface area contributed by atoms with Crippen LogP contribution in [0.2, 0.25) is 0 Å². The van der Waals surface area contributed by atoms with Crippen LogP contribution in [0.15, 0.2) is 70.2 Å². The molecule has 2 aromatic heterocycles. The van der Waals surface area contributed by atoms with E-state index in [1.807, 2.05) is 24.3 Å². The Morgan fingerprint density at radius 2 is 1.68 bits per heavy atom. The highest BCUT2D eigenvalue weighted by Gasteiger charge is 2.20. The number of nitrogens with zero attached hydrogens (tertiary/aromatic N) is 3. The zero-order valence-corrected chi connectivity index (χ0v) is 20.1. The molecule has 0 saturated heterocycles. The summed E-state index contributed by atoms with van der Waals surface area (Å²) >= 11 is 0. The minimum absolute atomic E-state index is 0.214. The van der Waals surface area contributed by atoms with Gasteiger partial charge in [0.25, 0.3) is 0 Å². The summed E-state index contributed by atoms with van der Waals surface area (Å²) in [6.07, 6.45) is 2.46. The maximum Gasteiger partial charge on any atom is 0.189 e. The average Bonchev–Trinajstić information content (AvgIpc) is 3.33. The number of sulfone groups is 1. The van der Waals surface area contributed by atoms with E-state index >= 15 is 0 Å². The van der Waals surface area contributed by atoms with E-state index in [9.17, 15) is 8.42 Å². The smallest absolute Gasteiger partial charge is 0.189 e. The molecule has 0 aliphatic rings. The van der Waals surface area contributed by atoms with Crippen LogP contribution in [-0.2, 0) is 16.4 Å². The van der Waals surface area contributed by atoms with E-state index in [0.717, 1.165) is 18.6 Å². The van der Waals surface area contributed by atoms with Crippen molar-refractivity contribution < 1.29 is 12.9 Å². The Morgan fingerprint density at radius 3 is 2.32 bits per heavy atom. The van der Waals surface area contributed by atoms with Gasteiger partial charge in [0.2, 0.25) is 0 Å². The van der Waals surface area contributed by atoms with Gasteiger partial charge in [-0.3, -0.25) is 0 Å². The van der Waals surface area contributed by atoms with Crippen molar-refractivity contribution in [2.75, 3.05) is 12.2 Å². The molecule has 0 aliphatic heterocycles. The lowest BCUT2D eigenvalue weighted by molar-refractivity contribution is 0.434. The summed E-state index contributed by atoms with van der Waals surface area (Å²) < 4.78 is 30.3. The van der Waals surface area contributed by atoms with E-state index in [2.05, 4.69) is 28.3 Å². The Labute approximate surface area is 199 Å². The fourth-order valence-electron chi connectivity index (χ4n) is 3.39. The zero-order chi connectivity index (χ0) is 24.3. The predicted octanol–water partition coefficient (Wildman–Crippen LogP) is 2.91. The van der Waals surface area contributed by atoms with Crippen LogP contribution in [0, 0.1) is 0 Å². The van der Waals surface area contributed by atoms with Crippen LogP contribution in [0.1, 0.15) is 19.4 Å². The van der Waals surface area contributed by atoms with Gasteiger partial charge in [-0.2, -0.15) is 0 Å². The van der Waals surface area contributed by atoms with Crippen molar-refractivity contribution in [2.45, 2.75) is 30.5 Å². The maximum absolute atomic E-state index is 12.4. The average molecular weight is 475 g/mol. The van der Waals surface area contributed by atoms with Crippen molar-refractivity contribution in [3.05, 3.63) is 66.4 Å². The maximum atomic E-state index is 12.4. The molecule has 0 saturated carbocycles. The van der Waals surface area contributed by atoms with E-state index in [4.69, 9.17) is 10.3 Å². The van der Waals surface area contributed by atoms with Gasteiger partial charge >= 0.3 is 0 Å². The van der Waals surface area contributed by atoms with E-state index in [-0.39, 0.29) is 10.7 Å². The number of hydrogen-bond donors (Lipinski definition) is 2. The SMILES string of the molecule is BCNCc1ccc(-c2cc(-c3nc(-c4ccc(S(=O)(=O)C(C)C)cc4)cnc3N)on2)cc1. The summed E-state index contributed by atoms with van der Waals surface area (Å²) in [4.78, 5) is 9.14. The quantitative estimate of drug-likeness (QED) is 0.373. The number of nitrogen functional groups attached to an aromatic ring is 1. The number of nitrogens with one attached hydrogen (secondary N) is 1. The molecule has 8 nitrogen and oxygen atoms in total. The highest BCUT2D eigenvalue weighted by atomic mass is 32.2. The van der Waals surface area contributed by atoms with Crippen LogP contribution in [0.5, 0.6) is 0 Å². The van der Waals surface area contributed by atoms with Crippen molar-refractivity contribution >= 4 is 23.5 Å². The van der Waals surface area contributed by atoms with Crippen LogP contribution < -0.4 is 11.1 Å². The van der Waals surface area contributed by atoms with Crippen LogP contribution in [0.3, 0.4) is 0 Å². The molecule has 0 unspecified atom stereocenters. The Kier molecular flexibility index (Phi) is 6.81. The molecule has 0 amide bonds. The van der Waals surface area contributed by atoms with E-state index < -0.39 is 15.1 Å². The lowest BCUT2D eigenvalue weighted by Crippen LogP contribution is -2.14. The molecular formula is C24H26BN5O3S. The van der Waals surface area contributed by atoms with Crippen LogP contribution >= 0.6 is 0 Å². The number of hydrogen-bond acceptors (Lipinski definition) is 8. The number of aromatic nitrogens is 3. The Morgan fingerprint density at radius 1 is 1.03 bits per heavy atom. The molecule has 0 bridgehead atoms. The van der Waals surface area contributed by atoms with Crippen molar-refractivity contribution in [1.82, 2.24) is 20.4 Å². The van der Waals surface area contributed by atoms with Gasteiger partial charge in [0.1, 0.15) is 13.5 Å². The molecule has 0 atom stereocenters. The molecule has 0 fully saturated rings. The third kappa shape index (κ3) is 4.88. The largest absolute Gasteiger partial charge is 0.382 e. The van der Waals surface area contributed by atoms with Gasteiger partial charge < -0.3 is 15.6 Å². The van der Waals surface area contributed by atoms with Crippen molar-refractivity contribution in [3.63, 3.8) is 0 Å². The Hall–Kier alpha value is -3.50. The molecular weight excluding hydrogens is 449 g/mol. The molecule has 0 radical (unpaired) electrons. The molecule has 4 rings (SSSR count). The molecule has 34 heavy (non-hydrogen) atoms. The molecule has 10 heteroatoms. The molecule has 2 aromatic carbocycles. The summed E-state index contributed by atoms with van der Waals surface area (Å²) in [6.45, 7) is 4.12. The highest BCUT2D eigenvalue weighted by molar-refractivity contribution is 7.92. The Balaban J connectivity index is 1.60.